The number of anilines is 1. The van der Waals surface area contributed by atoms with Gasteiger partial charge in [-0.1, -0.05) is 6.92 Å². The molecule has 9 nitrogen and oxygen atoms in total. The molecular weight excluding hydrogens is 416 g/mol. The Bertz CT molecular complexity index is 1030. The molecule has 1 aromatic carbocycles. The third kappa shape index (κ3) is 4.20. The number of carbonyl (C=O) groups excluding carboxylic acids is 1. The van der Waals surface area contributed by atoms with Crippen LogP contribution in [-0.2, 0) is 4.79 Å². The fraction of sp³-hybridized carbons (Fsp3) is 0.583. The van der Waals surface area contributed by atoms with Gasteiger partial charge in [0, 0.05) is 35.9 Å². The van der Waals surface area contributed by atoms with Gasteiger partial charge in [0.2, 0.25) is 5.91 Å². The number of nitrogens with zero attached hydrogens (tertiary/aromatic N) is 4. The molecule has 1 amide bonds. The Morgan fingerprint density at radius 1 is 1.15 bits per heavy atom. The van der Waals surface area contributed by atoms with E-state index in [1.807, 2.05) is 12.3 Å². The van der Waals surface area contributed by atoms with Crippen molar-refractivity contribution in [1.29, 1.82) is 0 Å². The molecular formula is C24H36N8O. The summed E-state index contributed by atoms with van der Waals surface area (Å²) in [6, 6.07) is 6.77. The van der Waals surface area contributed by atoms with Crippen molar-refractivity contribution in [2.45, 2.75) is 63.8 Å². The van der Waals surface area contributed by atoms with E-state index in [1.165, 1.54) is 12.8 Å². The summed E-state index contributed by atoms with van der Waals surface area (Å²) < 4.78 is 0. The normalized spacial score (nSPS) is 31.6. The molecule has 5 rings (SSSR count). The average Bonchev–Trinajstić information content (AvgIpc) is 3.29. The zero-order chi connectivity index (χ0) is 23.1. The van der Waals surface area contributed by atoms with Crippen molar-refractivity contribution >= 4 is 22.5 Å². The molecule has 3 atom stereocenters. The molecule has 2 fully saturated rings. The van der Waals surface area contributed by atoms with Crippen molar-refractivity contribution in [2.75, 3.05) is 18.0 Å². The maximum atomic E-state index is 12.0. The fourth-order valence-corrected chi connectivity index (χ4v) is 5.90. The fourth-order valence-electron chi connectivity index (χ4n) is 5.90. The van der Waals surface area contributed by atoms with Crippen molar-refractivity contribution in [3.05, 3.63) is 36.2 Å². The Kier molecular flexibility index (Phi) is 6.03. The first-order valence-corrected chi connectivity index (χ1v) is 12.2. The van der Waals surface area contributed by atoms with Gasteiger partial charge in [-0.2, -0.15) is 5.10 Å². The maximum Gasteiger partial charge on any atom is 0.221 e. The third-order valence-electron chi connectivity index (χ3n) is 7.98. The number of aromatic nitrogens is 2. The number of piperidine rings is 1. The van der Waals surface area contributed by atoms with Gasteiger partial charge in [-0.15, -0.1) is 0 Å². The molecule has 9 heteroatoms. The molecule has 0 spiro atoms. The van der Waals surface area contributed by atoms with E-state index in [2.05, 4.69) is 45.1 Å². The number of likely N-dealkylation sites (tertiary alicyclic amines) is 1. The maximum absolute atomic E-state index is 12.0. The van der Waals surface area contributed by atoms with Crippen LogP contribution in [0.4, 0.5) is 5.69 Å². The monoisotopic (exact) mass is 452 g/mol. The van der Waals surface area contributed by atoms with Gasteiger partial charge in [0.15, 0.2) is 6.29 Å². The van der Waals surface area contributed by atoms with Crippen LogP contribution in [0.1, 0.15) is 45.4 Å². The number of primary amides is 1. The number of nitrogens with one attached hydrogen (secondary N) is 1. The Morgan fingerprint density at radius 2 is 1.94 bits per heavy atom. The lowest BCUT2D eigenvalue weighted by Crippen LogP contribution is -2.64. The highest BCUT2D eigenvalue weighted by atomic mass is 16.1. The Morgan fingerprint density at radius 3 is 2.70 bits per heavy atom. The van der Waals surface area contributed by atoms with Crippen molar-refractivity contribution < 1.29 is 4.79 Å². The molecule has 7 N–H and O–H groups in total. The van der Waals surface area contributed by atoms with Crippen molar-refractivity contribution in [2.24, 2.45) is 29.1 Å². The Hall–Kier alpha value is -2.62. The molecule has 1 aromatic heterocycles. The topological polar surface area (TPSA) is 134 Å². The first kappa shape index (κ1) is 22.2. The zero-order valence-corrected chi connectivity index (χ0v) is 19.4. The summed E-state index contributed by atoms with van der Waals surface area (Å²) in [4.78, 5) is 16.6. The van der Waals surface area contributed by atoms with Crippen LogP contribution in [0.15, 0.2) is 36.2 Å². The van der Waals surface area contributed by atoms with Crippen molar-refractivity contribution in [3.8, 4) is 0 Å². The van der Waals surface area contributed by atoms with Crippen LogP contribution in [0.5, 0.6) is 0 Å². The van der Waals surface area contributed by atoms with Gasteiger partial charge in [0.05, 0.1) is 23.7 Å². The number of aromatic amines is 1. The van der Waals surface area contributed by atoms with Gasteiger partial charge in [0.1, 0.15) is 0 Å². The molecule has 1 saturated heterocycles. The van der Waals surface area contributed by atoms with Crippen LogP contribution in [0, 0.1) is 11.8 Å². The van der Waals surface area contributed by atoms with E-state index in [-0.39, 0.29) is 17.9 Å². The first-order valence-electron chi connectivity index (χ1n) is 12.2. The second-order valence-corrected chi connectivity index (χ2v) is 10.0. The van der Waals surface area contributed by atoms with E-state index in [0.29, 0.717) is 19.1 Å². The van der Waals surface area contributed by atoms with Crippen LogP contribution < -0.4 is 22.2 Å². The van der Waals surface area contributed by atoms with Gasteiger partial charge in [-0.25, -0.2) is 5.84 Å². The standard InChI is InChI=1S/C24H36N8O/c1-15-2-6-18(7-3-15)31-14-17(23(25)33)5-9-21(31)22-10-11-30(24(26)32(22)27)19-8-4-16-13-28-29-20(16)12-19/h4,8,10,12-13,15,17-18,21,24H,2-3,5-7,9,11,14,26-27H2,1H3,(H2,25,33)(H,28,29)/t15?,17-,18?,21?,24?/m0/s1. The molecule has 0 radical (unpaired) electrons. The summed E-state index contributed by atoms with van der Waals surface area (Å²) in [5.74, 6) is 7.12. The highest BCUT2D eigenvalue weighted by molar-refractivity contribution is 5.82. The summed E-state index contributed by atoms with van der Waals surface area (Å²) in [6.07, 6.45) is 9.96. The Balaban J connectivity index is 1.39. The van der Waals surface area contributed by atoms with E-state index in [4.69, 9.17) is 17.3 Å². The molecule has 178 valence electrons. The predicted molar refractivity (Wildman–Crippen MR) is 129 cm³/mol. The lowest BCUT2D eigenvalue weighted by molar-refractivity contribution is -0.124. The van der Waals surface area contributed by atoms with E-state index < -0.39 is 6.29 Å². The summed E-state index contributed by atoms with van der Waals surface area (Å²) in [7, 11) is 0. The van der Waals surface area contributed by atoms with E-state index in [0.717, 1.165) is 53.9 Å². The van der Waals surface area contributed by atoms with Crippen molar-refractivity contribution in [1.82, 2.24) is 20.1 Å². The zero-order valence-electron chi connectivity index (χ0n) is 19.4. The smallest absolute Gasteiger partial charge is 0.221 e. The van der Waals surface area contributed by atoms with Gasteiger partial charge in [-0.05, 0) is 68.7 Å². The Labute approximate surface area is 194 Å². The average molecular weight is 453 g/mol. The molecule has 1 saturated carbocycles. The van der Waals surface area contributed by atoms with E-state index in [9.17, 15) is 4.79 Å². The molecule has 1 aliphatic carbocycles. The summed E-state index contributed by atoms with van der Waals surface area (Å²) >= 11 is 0. The number of rotatable bonds is 4. The molecule has 2 aromatic rings. The SMILES string of the molecule is CC1CCC(N2C[C@@H](C(N)=O)CCC2C2=CCN(c3ccc4cn[nH]c4c3)C(N)N2N)CC1. The number of hydrogen-bond acceptors (Lipinski definition) is 7. The minimum atomic E-state index is -0.479. The van der Waals surface area contributed by atoms with E-state index in [1.54, 1.807) is 5.01 Å². The largest absolute Gasteiger partial charge is 0.369 e. The number of nitrogens with two attached hydrogens (primary N) is 3. The van der Waals surface area contributed by atoms with Crippen LogP contribution in [0.3, 0.4) is 0 Å². The first-order chi connectivity index (χ1) is 15.9. The molecule has 0 bridgehead atoms. The minimum Gasteiger partial charge on any atom is -0.369 e. The lowest BCUT2D eigenvalue weighted by Gasteiger charge is -2.50. The van der Waals surface area contributed by atoms with E-state index >= 15 is 0 Å². The minimum absolute atomic E-state index is 0.0951. The van der Waals surface area contributed by atoms with Gasteiger partial charge in [-0.3, -0.25) is 25.5 Å². The van der Waals surface area contributed by atoms with Crippen LogP contribution >= 0.6 is 0 Å². The summed E-state index contributed by atoms with van der Waals surface area (Å²) in [5, 5.41) is 9.91. The number of hydrogen-bond donors (Lipinski definition) is 4. The third-order valence-corrected chi connectivity index (χ3v) is 7.98. The number of fused-ring (bicyclic) bond motifs is 1. The van der Waals surface area contributed by atoms with Crippen LogP contribution in [0.25, 0.3) is 10.9 Å². The second-order valence-electron chi connectivity index (χ2n) is 10.0. The van der Waals surface area contributed by atoms with Gasteiger partial charge in [0.25, 0.3) is 0 Å². The number of hydrazine groups is 1. The van der Waals surface area contributed by atoms with Gasteiger partial charge >= 0.3 is 0 Å². The van der Waals surface area contributed by atoms with Gasteiger partial charge < -0.3 is 10.6 Å². The summed E-state index contributed by atoms with van der Waals surface area (Å²) in [5.41, 5.74) is 15.4. The molecule has 33 heavy (non-hydrogen) atoms. The molecule has 3 heterocycles. The molecule has 3 aliphatic rings. The highest BCUT2D eigenvalue weighted by Crippen LogP contribution is 2.37. The molecule has 2 unspecified atom stereocenters. The molecule has 2 aliphatic heterocycles. The second kappa shape index (κ2) is 8.96. The van der Waals surface area contributed by atoms with Crippen molar-refractivity contribution in [3.63, 3.8) is 0 Å². The van der Waals surface area contributed by atoms with Crippen LogP contribution in [0.2, 0.25) is 0 Å². The predicted octanol–water partition coefficient (Wildman–Crippen LogP) is 1.83. The number of amides is 1. The van der Waals surface area contributed by atoms with Crippen LogP contribution in [-0.4, -0.2) is 57.5 Å². The lowest BCUT2D eigenvalue weighted by atomic mass is 9.82. The number of benzene rings is 1. The summed E-state index contributed by atoms with van der Waals surface area (Å²) in [6.45, 7) is 3.71. The number of H-pyrrole nitrogens is 1. The highest BCUT2D eigenvalue weighted by Gasteiger charge is 2.41. The quantitative estimate of drug-likeness (QED) is 0.520. The number of carbonyl (C=O) groups is 1.